The average Bonchev–Trinajstić information content (AvgIpc) is 3.00. The van der Waals surface area contributed by atoms with E-state index >= 15 is 0 Å². The van der Waals surface area contributed by atoms with Gasteiger partial charge in [-0.1, -0.05) is 6.07 Å². The Morgan fingerprint density at radius 2 is 2.05 bits per heavy atom. The van der Waals surface area contributed by atoms with E-state index in [4.69, 9.17) is 4.74 Å². The summed E-state index contributed by atoms with van der Waals surface area (Å²) in [6.45, 7) is 4.39. The van der Waals surface area contributed by atoms with Crippen LogP contribution in [0.25, 0.3) is 0 Å². The molecule has 1 amide bonds. The lowest BCUT2D eigenvalue weighted by Crippen LogP contribution is -2.19. The molecule has 0 bridgehead atoms. The van der Waals surface area contributed by atoms with Crippen molar-refractivity contribution in [2.45, 2.75) is 13.8 Å². The highest BCUT2D eigenvalue weighted by Crippen LogP contribution is 2.12. The van der Waals surface area contributed by atoms with Gasteiger partial charge in [-0.2, -0.15) is 5.10 Å². The van der Waals surface area contributed by atoms with Gasteiger partial charge in [0.25, 0.3) is 5.91 Å². The van der Waals surface area contributed by atoms with Gasteiger partial charge >= 0.3 is 0 Å². The van der Waals surface area contributed by atoms with E-state index in [1.165, 1.54) is 0 Å². The molecule has 0 unspecified atom stereocenters. The highest BCUT2D eigenvalue weighted by atomic mass is 32.1. The number of ether oxygens (including phenoxy) is 1. The predicted octanol–water partition coefficient (Wildman–Crippen LogP) is 3.30. The minimum absolute atomic E-state index is 0.232. The third-order valence-corrected chi connectivity index (χ3v) is 3.61. The van der Waals surface area contributed by atoms with Crippen LogP contribution in [0.4, 0.5) is 0 Å². The van der Waals surface area contributed by atoms with Crippen LogP contribution in [-0.4, -0.2) is 18.2 Å². The number of carbonyl (C=O) groups is 1. The van der Waals surface area contributed by atoms with Crippen LogP contribution in [-0.2, 0) is 0 Å². The Hall–Kier alpha value is -2.14. The van der Waals surface area contributed by atoms with Crippen LogP contribution in [0.5, 0.6) is 5.75 Å². The van der Waals surface area contributed by atoms with Crippen LogP contribution < -0.4 is 10.2 Å². The second kappa shape index (κ2) is 6.86. The molecule has 0 aliphatic carbocycles. The molecule has 2 aromatic rings. The van der Waals surface area contributed by atoms with Crippen molar-refractivity contribution in [1.82, 2.24) is 5.43 Å². The number of nitrogens with zero attached hydrogens (tertiary/aromatic N) is 1. The van der Waals surface area contributed by atoms with Gasteiger partial charge in [0.2, 0.25) is 0 Å². The molecule has 20 heavy (non-hydrogen) atoms. The van der Waals surface area contributed by atoms with Crippen molar-refractivity contribution in [1.29, 1.82) is 0 Å². The summed E-state index contributed by atoms with van der Waals surface area (Å²) in [6.07, 6.45) is 0. The summed E-state index contributed by atoms with van der Waals surface area (Å²) in [7, 11) is 0. The van der Waals surface area contributed by atoms with Gasteiger partial charge in [0.05, 0.1) is 12.3 Å². The van der Waals surface area contributed by atoms with E-state index in [1.807, 2.05) is 31.4 Å². The zero-order chi connectivity index (χ0) is 14.4. The van der Waals surface area contributed by atoms with E-state index in [0.29, 0.717) is 12.2 Å². The van der Waals surface area contributed by atoms with Gasteiger partial charge in [-0.3, -0.25) is 4.79 Å². The second-order valence-corrected chi connectivity index (χ2v) is 5.02. The number of carbonyl (C=O) groups excluding carboxylic acids is 1. The van der Waals surface area contributed by atoms with Gasteiger partial charge in [0, 0.05) is 10.4 Å². The Bertz CT molecular complexity index is 589. The number of thiophene rings is 1. The number of hydrazone groups is 1. The lowest BCUT2D eigenvalue weighted by Gasteiger charge is -2.04. The van der Waals surface area contributed by atoms with E-state index in [-0.39, 0.29) is 5.91 Å². The summed E-state index contributed by atoms with van der Waals surface area (Å²) in [6, 6.07) is 10.9. The molecule has 0 aliphatic rings. The van der Waals surface area contributed by atoms with Gasteiger partial charge < -0.3 is 4.74 Å². The van der Waals surface area contributed by atoms with E-state index in [2.05, 4.69) is 10.5 Å². The third-order valence-electron chi connectivity index (χ3n) is 2.63. The Kier molecular flexibility index (Phi) is 4.90. The van der Waals surface area contributed by atoms with Crippen LogP contribution in [0.3, 0.4) is 0 Å². The van der Waals surface area contributed by atoms with Gasteiger partial charge in [0.1, 0.15) is 5.75 Å². The first kappa shape index (κ1) is 14.3. The van der Waals surface area contributed by atoms with Crippen molar-refractivity contribution in [3.05, 3.63) is 52.2 Å². The summed E-state index contributed by atoms with van der Waals surface area (Å²) in [5.41, 5.74) is 3.90. The van der Waals surface area contributed by atoms with E-state index < -0.39 is 0 Å². The Morgan fingerprint density at radius 3 is 2.65 bits per heavy atom. The Balaban J connectivity index is 1.99. The molecule has 0 atom stereocenters. The first-order chi connectivity index (χ1) is 9.70. The molecule has 0 fully saturated rings. The lowest BCUT2D eigenvalue weighted by molar-refractivity contribution is 0.0955. The summed E-state index contributed by atoms with van der Waals surface area (Å²) >= 11 is 1.59. The third kappa shape index (κ3) is 3.68. The molecule has 0 saturated heterocycles. The van der Waals surface area contributed by atoms with Crippen LogP contribution >= 0.6 is 11.3 Å². The van der Waals surface area contributed by atoms with Gasteiger partial charge in [0.15, 0.2) is 0 Å². The van der Waals surface area contributed by atoms with Crippen molar-refractivity contribution in [3.63, 3.8) is 0 Å². The first-order valence-corrected chi connectivity index (χ1v) is 7.20. The van der Waals surface area contributed by atoms with Crippen molar-refractivity contribution < 1.29 is 9.53 Å². The van der Waals surface area contributed by atoms with E-state index in [9.17, 15) is 4.79 Å². The SMILES string of the molecule is CCOc1ccc(C(=O)N/N=C(/C)c2cccs2)cc1. The fourth-order valence-corrected chi connectivity index (χ4v) is 2.28. The number of hydrogen-bond donors (Lipinski definition) is 1. The zero-order valence-corrected chi connectivity index (χ0v) is 12.2. The molecule has 1 heterocycles. The number of amides is 1. The lowest BCUT2D eigenvalue weighted by atomic mass is 10.2. The Labute approximate surface area is 122 Å². The fourth-order valence-electron chi connectivity index (χ4n) is 1.61. The standard InChI is InChI=1S/C15H16N2O2S/c1-3-19-13-8-6-12(7-9-13)15(18)17-16-11(2)14-5-4-10-20-14/h4-10H,3H2,1-2H3,(H,17,18)/b16-11-. The highest BCUT2D eigenvalue weighted by molar-refractivity contribution is 7.12. The molecule has 0 saturated carbocycles. The van der Waals surface area contributed by atoms with Crippen molar-refractivity contribution in [2.75, 3.05) is 6.61 Å². The largest absolute Gasteiger partial charge is 0.494 e. The highest BCUT2D eigenvalue weighted by Gasteiger charge is 2.05. The first-order valence-electron chi connectivity index (χ1n) is 6.32. The minimum Gasteiger partial charge on any atom is -0.494 e. The summed E-state index contributed by atoms with van der Waals surface area (Å²) in [5.74, 6) is 0.520. The maximum absolute atomic E-state index is 11.9. The van der Waals surface area contributed by atoms with Crippen LogP contribution in [0.2, 0.25) is 0 Å². The minimum atomic E-state index is -0.232. The summed E-state index contributed by atoms with van der Waals surface area (Å²) in [4.78, 5) is 13.0. The molecule has 4 nitrogen and oxygen atoms in total. The topological polar surface area (TPSA) is 50.7 Å². The van der Waals surface area contributed by atoms with Gasteiger partial charge in [-0.25, -0.2) is 5.43 Å². The molecule has 104 valence electrons. The number of benzene rings is 1. The summed E-state index contributed by atoms with van der Waals surface area (Å²) in [5, 5.41) is 6.07. The maximum Gasteiger partial charge on any atom is 0.271 e. The molecule has 1 aromatic heterocycles. The van der Waals surface area contributed by atoms with Gasteiger partial charge in [-0.15, -0.1) is 11.3 Å². The fraction of sp³-hybridized carbons (Fsp3) is 0.200. The molecular formula is C15H16N2O2S. The molecule has 0 aliphatic heterocycles. The quantitative estimate of drug-likeness (QED) is 0.678. The molecule has 1 N–H and O–H groups in total. The van der Waals surface area contributed by atoms with Gasteiger partial charge in [-0.05, 0) is 49.6 Å². The summed E-state index contributed by atoms with van der Waals surface area (Å²) < 4.78 is 5.33. The van der Waals surface area contributed by atoms with Crippen molar-refractivity contribution in [2.24, 2.45) is 5.10 Å². The number of hydrogen-bond acceptors (Lipinski definition) is 4. The van der Waals surface area contributed by atoms with Crippen LogP contribution in [0, 0.1) is 0 Å². The normalized spacial score (nSPS) is 11.2. The predicted molar refractivity (Wildman–Crippen MR) is 81.6 cm³/mol. The number of nitrogens with one attached hydrogen (secondary N) is 1. The molecule has 1 aromatic carbocycles. The monoisotopic (exact) mass is 288 g/mol. The van der Waals surface area contributed by atoms with Crippen molar-refractivity contribution in [3.8, 4) is 5.75 Å². The van der Waals surface area contributed by atoms with Crippen molar-refractivity contribution >= 4 is 23.0 Å². The van der Waals surface area contributed by atoms with E-state index in [0.717, 1.165) is 16.3 Å². The molecule has 2 rings (SSSR count). The molecule has 0 spiro atoms. The average molecular weight is 288 g/mol. The van der Waals surface area contributed by atoms with E-state index in [1.54, 1.807) is 35.6 Å². The Morgan fingerprint density at radius 1 is 1.30 bits per heavy atom. The molecule has 0 radical (unpaired) electrons. The van der Waals surface area contributed by atoms with Crippen LogP contribution in [0.1, 0.15) is 29.1 Å². The maximum atomic E-state index is 11.9. The zero-order valence-electron chi connectivity index (χ0n) is 11.4. The smallest absolute Gasteiger partial charge is 0.271 e. The molecular weight excluding hydrogens is 272 g/mol. The number of rotatable bonds is 5. The molecule has 5 heteroatoms. The van der Waals surface area contributed by atoms with Crippen LogP contribution in [0.15, 0.2) is 46.9 Å². The second-order valence-electron chi connectivity index (χ2n) is 4.07.